The lowest BCUT2D eigenvalue weighted by atomic mass is 10.3. The van der Waals surface area contributed by atoms with Crippen LogP contribution in [0.1, 0.15) is 10.5 Å². The van der Waals surface area contributed by atoms with Crippen LogP contribution in [-0.4, -0.2) is 23.0 Å². The molecule has 0 radical (unpaired) electrons. The van der Waals surface area contributed by atoms with E-state index in [4.69, 9.17) is 10.5 Å². The first-order valence-corrected chi connectivity index (χ1v) is 7.08. The zero-order valence-electron chi connectivity index (χ0n) is 11.3. The molecule has 6 heteroatoms. The summed E-state index contributed by atoms with van der Waals surface area (Å²) in [6, 6.07) is 9.51. The van der Waals surface area contributed by atoms with Gasteiger partial charge >= 0.3 is 0 Å². The van der Waals surface area contributed by atoms with Crippen LogP contribution in [0, 0.1) is 0 Å². The average Bonchev–Trinajstić information content (AvgIpc) is 2.87. The van der Waals surface area contributed by atoms with Crippen LogP contribution in [0.15, 0.2) is 52.5 Å². The molecule has 106 valence electrons. The van der Waals surface area contributed by atoms with Crippen molar-refractivity contribution in [1.29, 1.82) is 0 Å². The van der Waals surface area contributed by atoms with Crippen LogP contribution < -0.4 is 10.5 Å². The first-order valence-electron chi connectivity index (χ1n) is 6.26. The molecule has 0 aliphatic carbocycles. The number of amides is 1. The summed E-state index contributed by atoms with van der Waals surface area (Å²) in [4.78, 5) is 20.5. The van der Waals surface area contributed by atoms with Crippen molar-refractivity contribution in [3.63, 3.8) is 0 Å². The van der Waals surface area contributed by atoms with Crippen molar-refractivity contribution in [3.05, 3.63) is 48.4 Å². The van der Waals surface area contributed by atoms with Crippen molar-refractivity contribution < 1.29 is 9.53 Å². The van der Waals surface area contributed by atoms with Gasteiger partial charge in [0.05, 0.1) is 23.7 Å². The number of nitrogens with zero attached hydrogens (tertiary/aromatic N) is 1. The summed E-state index contributed by atoms with van der Waals surface area (Å²) in [6.45, 7) is 0. The van der Waals surface area contributed by atoms with Crippen LogP contribution in [-0.2, 0) is 0 Å². The SMILES string of the molecule is COc1cccc(Sc2c(C(N)=O)[nH]c3cnccc23)c1. The Balaban J connectivity index is 2.10. The Labute approximate surface area is 125 Å². The number of primary amides is 1. The number of ether oxygens (including phenoxy) is 1. The average molecular weight is 299 g/mol. The molecule has 0 atom stereocenters. The first-order chi connectivity index (χ1) is 10.2. The molecule has 3 aromatic rings. The van der Waals surface area contributed by atoms with E-state index in [1.807, 2.05) is 30.3 Å². The van der Waals surface area contributed by atoms with Gasteiger partial charge in [-0.1, -0.05) is 17.8 Å². The Bertz CT molecular complexity index is 814. The summed E-state index contributed by atoms with van der Waals surface area (Å²) in [7, 11) is 1.62. The number of carbonyl (C=O) groups is 1. The van der Waals surface area contributed by atoms with Gasteiger partial charge in [-0.25, -0.2) is 0 Å². The molecule has 1 aromatic carbocycles. The van der Waals surface area contributed by atoms with E-state index >= 15 is 0 Å². The molecule has 3 N–H and O–H groups in total. The Kier molecular flexibility index (Phi) is 3.53. The number of hydrogen-bond acceptors (Lipinski definition) is 4. The van der Waals surface area contributed by atoms with E-state index in [-0.39, 0.29) is 0 Å². The van der Waals surface area contributed by atoms with Crippen LogP contribution in [0.5, 0.6) is 5.75 Å². The van der Waals surface area contributed by atoms with E-state index in [0.717, 1.165) is 26.4 Å². The molecular formula is C15H13N3O2S. The second-order valence-electron chi connectivity index (χ2n) is 4.40. The van der Waals surface area contributed by atoms with Gasteiger partial charge in [-0.2, -0.15) is 0 Å². The van der Waals surface area contributed by atoms with Gasteiger partial charge in [0.2, 0.25) is 0 Å². The van der Waals surface area contributed by atoms with Gasteiger partial charge in [0, 0.05) is 16.5 Å². The number of nitrogens with two attached hydrogens (primary N) is 1. The van der Waals surface area contributed by atoms with Gasteiger partial charge in [0.25, 0.3) is 5.91 Å². The lowest BCUT2D eigenvalue weighted by molar-refractivity contribution is 0.0993. The van der Waals surface area contributed by atoms with Gasteiger partial charge in [-0.3, -0.25) is 9.78 Å². The van der Waals surface area contributed by atoms with Gasteiger partial charge in [-0.15, -0.1) is 0 Å². The van der Waals surface area contributed by atoms with Crippen LogP contribution in [0.3, 0.4) is 0 Å². The maximum atomic E-state index is 11.6. The van der Waals surface area contributed by atoms with Crippen molar-refractivity contribution in [2.45, 2.75) is 9.79 Å². The number of hydrogen-bond donors (Lipinski definition) is 2. The van der Waals surface area contributed by atoms with E-state index in [1.165, 1.54) is 11.8 Å². The van der Waals surface area contributed by atoms with E-state index in [0.29, 0.717) is 5.69 Å². The lowest BCUT2D eigenvalue weighted by Crippen LogP contribution is -2.12. The lowest BCUT2D eigenvalue weighted by Gasteiger charge is -2.05. The minimum atomic E-state index is -0.489. The summed E-state index contributed by atoms with van der Waals surface area (Å²) in [5.74, 6) is 0.277. The molecule has 0 aliphatic rings. The molecule has 0 spiro atoms. The number of aromatic nitrogens is 2. The minimum absolute atomic E-state index is 0.394. The highest BCUT2D eigenvalue weighted by Gasteiger charge is 2.16. The Hall–Kier alpha value is -2.47. The number of benzene rings is 1. The largest absolute Gasteiger partial charge is 0.497 e. The third kappa shape index (κ3) is 2.57. The topological polar surface area (TPSA) is 81.0 Å². The second-order valence-corrected chi connectivity index (χ2v) is 5.48. The molecule has 2 heterocycles. The number of aromatic amines is 1. The zero-order valence-corrected chi connectivity index (χ0v) is 12.1. The highest BCUT2D eigenvalue weighted by atomic mass is 32.2. The van der Waals surface area contributed by atoms with Crippen LogP contribution >= 0.6 is 11.8 Å². The van der Waals surface area contributed by atoms with Crippen LogP contribution in [0.4, 0.5) is 0 Å². The van der Waals surface area contributed by atoms with E-state index < -0.39 is 5.91 Å². The quantitative estimate of drug-likeness (QED) is 0.776. The normalized spacial score (nSPS) is 10.7. The molecule has 0 saturated heterocycles. The monoisotopic (exact) mass is 299 g/mol. The first kappa shape index (κ1) is 13.5. The summed E-state index contributed by atoms with van der Waals surface area (Å²) in [6.07, 6.45) is 3.37. The van der Waals surface area contributed by atoms with Crippen molar-refractivity contribution in [1.82, 2.24) is 9.97 Å². The molecule has 1 amide bonds. The summed E-state index contributed by atoms with van der Waals surface area (Å²) in [5.41, 5.74) is 6.64. The molecule has 21 heavy (non-hydrogen) atoms. The number of carbonyl (C=O) groups excluding carboxylic acids is 1. The van der Waals surface area contributed by atoms with Gasteiger partial charge in [-0.05, 0) is 24.3 Å². The van der Waals surface area contributed by atoms with Gasteiger partial charge in [0.15, 0.2) is 0 Å². The Morgan fingerprint density at radius 3 is 3.00 bits per heavy atom. The van der Waals surface area contributed by atoms with Gasteiger partial charge in [0.1, 0.15) is 11.4 Å². The second kappa shape index (κ2) is 5.49. The number of H-pyrrole nitrogens is 1. The fraction of sp³-hybridized carbons (Fsp3) is 0.0667. The molecule has 5 nitrogen and oxygen atoms in total. The number of fused-ring (bicyclic) bond motifs is 1. The third-order valence-electron chi connectivity index (χ3n) is 3.06. The highest BCUT2D eigenvalue weighted by molar-refractivity contribution is 7.99. The van der Waals surface area contributed by atoms with E-state index in [1.54, 1.807) is 19.5 Å². The fourth-order valence-corrected chi connectivity index (χ4v) is 3.18. The predicted octanol–water partition coefficient (Wildman–Crippen LogP) is 2.82. The van der Waals surface area contributed by atoms with E-state index in [2.05, 4.69) is 9.97 Å². The third-order valence-corrected chi connectivity index (χ3v) is 4.18. The van der Waals surface area contributed by atoms with Crippen molar-refractivity contribution in [3.8, 4) is 5.75 Å². The maximum absolute atomic E-state index is 11.6. The molecular weight excluding hydrogens is 286 g/mol. The molecule has 3 rings (SSSR count). The van der Waals surface area contributed by atoms with Crippen molar-refractivity contribution in [2.24, 2.45) is 5.73 Å². The predicted molar refractivity (Wildman–Crippen MR) is 81.7 cm³/mol. The summed E-state index contributed by atoms with van der Waals surface area (Å²) < 4.78 is 5.22. The maximum Gasteiger partial charge on any atom is 0.266 e. The number of pyridine rings is 1. The fourth-order valence-electron chi connectivity index (χ4n) is 2.08. The number of rotatable bonds is 4. The van der Waals surface area contributed by atoms with Crippen molar-refractivity contribution >= 4 is 28.6 Å². The molecule has 0 fully saturated rings. The zero-order chi connectivity index (χ0) is 14.8. The van der Waals surface area contributed by atoms with E-state index in [9.17, 15) is 4.79 Å². The molecule has 0 aliphatic heterocycles. The minimum Gasteiger partial charge on any atom is -0.497 e. The summed E-state index contributed by atoms with van der Waals surface area (Å²) >= 11 is 1.47. The number of nitrogens with one attached hydrogen (secondary N) is 1. The molecule has 0 saturated carbocycles. The molecule has 2 aromatic heterocycles. The van der Waals surface area contributed by atoms with Crippen LogP contribution in [0.25, 0.3) is 10.9 Å². The molecule has 0 bridgehead atoms. The smallest absolute Gasteiger partial charge is 0.266 e. The number of methoxy groups -OCH3 is 1. The summed E-state index contributed by atoms with van der Waals surface area (Å²) in [5, 5.41) is 0.923. The van der Waals surface area contributed by atoms with Gasteiger partial charge < -0.3 is 15.5 Å². The Morgan fingerprint density at radius 2 is 2.24 bits per heavy atom. The van der Waals surface area contributed by atoms with Crippen LogP contribution in [0.2, 0.25) is 0 Å². The van der Waals surface area contributed by atoms with Crippen molar-refractivity contribution in [2.75, 3.05) is 7.11 Å². The molecule has 0 unspecified atom stereocenters. The Morgan fingerprint density at radius 1 is 1.38 bits per heavy atom. The standard InChI is InChI=1S/C15H13N3O2S/c1-20-9-3-2-4-10(7-9)21-14-11-5-6-17-8-12(11)18-13(14)15(16)19/h2-8,18H,1H3,(H2,16,19). The highest BCUT2D eigenvalue weighted by Crippen LogP contribution is 2.37.